The number of nitrogens with one attached hydrogen (secondary N) is 1. The zero-order valence-electron chi connectivity index (χ0n) is 6.94. The first kappa shape index (κ1) is 8.65. The molecule has 0 aromatic rings. The van der Waals surface area contributed by atoms with Crippen LogP contribution in [0.2, 0.25) is 0 Å². The van der Waals surface area contributed by atoms with E-state index in [2.05, 4.69) is 5.32 Å². The van der Waals surface area contributed by atoms with Crippen LogP contribution in [0.5, 0.6) is 0 Å². The smallest absolute Gasteiger partial charge is 0.247 e. The lowest BCUT2D eigenvalue weighted by Gasteiger charge is -2.15. The highest BCUT2D eigenvalue weighted by atomic mass is 32.2. The Morgan fingerprint density at radius 2 is 2.36 bits per heavy atom. The number of hydrogen-bond acceptors (Lipinski definition) is 2. The molecule has 0 aromatic heterocycles. The minimum absolute atomic E-state index is 0.0923. The fourth-order valence-corrected chi connectivity index (χ4v) is 2.26. The highest BCUT2D eigenvalue weighted by Gasteiger charge is 2.14. The zero-order chi connectivity index (χ0) is 8.27. The largest absolute Gasteiger partial charge is 0.355 e. The number of rotatable bonds is 1. The van der Waals surface area contributed by atoms with Gasteiger partial charge in [0, 0.05) is 18.4 Å². The van der Waals surface area contributed by atoms with Gasteiger partial charge in [-0.25, -0.2) is 0 Å². The SMILES string of the molecule is CNC(=O)C1=C(C)CCSC1. The molecule has 1 rings (SSSR count). The van der Waals surface area contributed by atoms with Crippen LogP contribution in [-0.4, -0.2) is 24.5 Å². The number of amides is 1. The lowest BCUT2D eigenvalue weighted by Crippen LogP contribution is -2.24. The van der Waals surface area contributed by atoms with Crippen LogP contribution in [0.4, 0.5) is 0 Å². The molecule has 0 fully saturated rings. The van der Waals surface area contributed by atoms with Crippen molar-refractivity contribution in [1.29, 1.82) is 0 Å². The number of likely N-dealkylation sites (N-methyl/N-ethyl adjacent to an activating group) is 1. The number of thioether (sulfide) groups is 1. The summed E-state index contributed by atoms with van der Waals surface area (Å²) in [6.07, 6.45) is 1.06. The second kappa shape index (κ2) is 3.81. The van der Waals surface area contributed by atoms with Crippen molar-refractivity contribution in [3.05, 3.63) is 11.1 Å². The van der Waals surface area contributed by atoms with Crippen LogP contribution in [0.25, 0.3) is 0 Å². The molecule has 0 aliphatic carbocycles. The molecule has 2 nitrogen and oxygen atoms in total. The van der Waals surface area contributed by atoms with Crippen molar-refractivity contribution >= 4 is 17.7 Å². The first-order valence-electron chi connectivity index (χ1n) is 3.74. The minimum Gasteiger partial charge on any atom is -0.355 e. The Morgan fingerprint density at radius 3 is 2.91 bits per heavy atom. The van der Waals surface area contributed by atoms with E-state index in [1.807, 2.05) is 18.7 Å². The van der Waals surface area contributed by atoms with Gasteiger partial charge in [0.2, 0.25) is 5.91 Å². The normalized spacial score (nSPS) is 18.4. The lowest BCUT2D eigenvalue weighted by atomic mass is 10.1. The third-order valence-electron chi connectivity index (χ3n) is 1.88. The molecule has 0 spiro atoms. The number of hydrogen-bond donors (Lipinski definition) is 1. The van der Waals surface area contributed by atoms with E-state index in [0.29, 0.717) is 0 Å². The first-order chi connectivity index (χ1) is 5.25. The van der Waals surface area contributed by atoms with E-state index in [9.17, 15) is 4.79 Å². The Hall–Kier alpha value is -0.440. The predicted molar refractivity (Wildman–Crippen MR) is 48.7 cm³/mol. The summed E-state index contributed by atoms with van der Waals surface area (Å²) >= 11 is 1.83. The van der Waals surface area contributed by atoms with Crippen molar-refractivity contribution in [3.63, 3.8) is 0 Å². The fraction of sp³-hybridized carbons (Fsp3) is 0.625. The summed E-state index contributed by atoms with van der Waals surface area (Å²) in [5.41, 5.74) is 2.23. The topological polar surface area (TPSA) is 29.1 Å². The quantitative estimate of drug-likeness (QED) is 0.642. The lowest BCUT2D eigenvalue weighted by molar-refractivity contribution is -0.117. The molecule has 0 saturated carbocycles. The van der Waals surface area contributed by atoms with Crippen molar-refractivity contribution < 1.29 is 4.79 Å². The molecule has 11 heavy (non-hydrogen) atoms. The molecule has 0 radical (unpaired) electrons. The Bertz CT molecular complexity index is 198. The summed E-state index contributed by atoms with van der Waals surface area (Å²) in [5, 5.41) is 2.65. The molecule has 1 aliphatic heterocycles. The summed E-state index contributed by atoms with van der Waals surface area (Å²) < 4.78 is 0. The van der Waals surface area contributed by atoms with Gasteiger partial charge in [0.1, 0.15) is 0 Å². The molecule has 0 aromatic carbocycles. The summed E-state index contributed by atoms with van der Waals surface area (Å²) in [6.45, 7) is 2.05. The molecule has 0 saturated heterocycles. The van der Waals surface area contributed by atoms with E-state index in [4.69, 9.17) is 0 Å². The van der Waals surface area contributed by atoms with Gasteiger partial charge in [-0.15, -0.1) is 0 Å². The van der Waals surface area contributed by atoms with Crippen LogP contribution in [0.15, 0.2) is 11.1 Å². The summed E-state index contributed by atoms with van der Waals surface area (Å²) in [6, 6.07) is 0. The van der Waals surface area contributed by atoms with Crippen molar-refractivity contribution in [2.45, 2.75) is 13.3 Å². The molecule has 1 N–H and O–H groups in total. The standard InChI is InChI=1S/C8H13NOS/c1-6-3-4-11-5-7(6)8(10)9-2/h3-5H2,1-2H3,(H,9,10). The third-order valence-corrected chi connectivity index (χ3v) is 2.87. The molecule has 1 heterocycles. The average molecular weight is 171 g/mol. The van der Waals surface area contributed by atoms with Crippen LogP contribution >= 0.6 is 11.8 Å². The molecular formula is C8H13NOS. The van der Waals surface area contributed by atoms with E-state index in [1.165, 1.54) is 5.57 Å². The van der Waals surface area contributed by atoms with Gasteiger partial charge >= 0.3 is 0 Å². The Morgan fingerprint density at radius 1 is 1.64 bits per heavy atom. The molecule has 0 bridgehead atoms. The van der Waals surface area contributed by atoms with Gasteiger partial charge in [-0.05, 0) is 19.1 Å². The molecule has 1 amide bonds. The van der Waals surface area contributed by atoms with Gasteiger partial charge in [0.05, 0.1) is 0 Å². The van der Waals surface area contributed by atoms with Crippen molar-refractivity contribution in [3.8, 4) is 0 Å². The van der Waals surface area contributed by atoms with Crippen molar-refractivity contribution in [1.82, 2.24) is 5.32 Å². The second-order valence-corrected chi connectivity index (χ2v) is 3.75. The van der Waals surface area contributed by atoms with Crippen LogP contribution in [0.1, 0.15) is 13.3 Å². The third kappa shape index (κ3) is 1.99. The molecular weight excluding hydrogens is 158 g/mol. The van der Waals surface area contributed by atoms with Gasteiger partial charge in [0.25, 0.3) is 0 Å². The monoisotopic (exact) mass is 171 g/mol. The van der Waals surface area contributed by atoms with E-state index in [-0.39, 0.29) is 5.91 Å². The first-order valence-corrected chi connectivity index (χ1v) is 4.89. The summed E-state index contributed by atoms with van der Waals surface area (Å²) in [4.78, 5) is 11.2. The van der Waals surface area contributed by atoms with Gasteiger partial charge < -0.3 is 5.32 Å². The van der Waals surface area contributed by atoms with Gasteiger partial charge in [0.15, 0.2) is 0 Å². The zero-order valence-corrected chi connectivity index (χ0v) is 7.75. The van der Waals surface area contributed by atoms with E-state index in [0.717, 1.165) is 23.5 Å². The van der Waals surface area contributed by atoms with Crippen LogP contribution in [-0.2, 0) is 4.79 Å². The van der Waals surface area contributed by atoms with Crippen molar-refractivity contribution in [2.24, 2.45) is 0 Å². The second-order valence-electron chi connectivity index (χ2n) is 2.64. The van der Waals surface area contributed by atoms with Gasteiger partial charge in [-0.3, -0.25) is 4.79 Å². The summed E-state index contributed by atoms with van der Waals surface area (Å²) in [7, 11) is 1.68. The van der Waals surface area contributed by atoms with Crippen LogP contribution < -0.4 is 5.32 Å². The Balaban J connectivity index is 2.74. The number of carbonyl (C=O) groups excluding carboxylic acids is 1. The average Bonchev–Trinajstić information content (AvgIpc) is 2.04. The maximum atomic E-state index is 11.2. The van der Waals surface area contributed by atoms with E-state index in [1.54, 1.807) is 7.05 Å². The van der Waals surface area contributed by atoms with Crippen LogP contribution in [0, 0.1) is 0 Å². The molecule has 1 aliphatic rings. The number of allylic oxidation sites excluding steroid dienone is 1. The molecule has 62 valence electrons. The number of carbonyl (C=O) groups is 1. The highest BCUT2D eigenvalue weighted by Crippen LogP contribution is 2.22. The van der Waals surface area contributed by atoms with Gasteiger partial charge in [-0.2, -0.15) is 11.8 Å². The Kier molecular flexibility index (Phi) is 3.00. The Labute approximate surface area is 71.4 Å². The fourth-order valence-electron chi connectivity index (χ4n) is 1.08. The molecule has 0 unspecified atom stereocenters. The minimum atomic E-state index is 0.0923. The van der Waals surface area contributed by atoms with E-state index < -0.39 is 0 Å². The maximum Gasteiger partial charge on any atom is 0.247 e. The van der Waals surface area contributed by atoms with Crippen LogP contribution in [0.3, 0.4) is 0 Å². The van der Waals surface area contributed by atoms with E-state index >= 15 is 0 Å². The highest BCUT2D eigenvalue weighted by molar-refractivity contribution is 7.99. The molecule has 0 atom stereocenters. The summed E-state index contributed by atoms with van der Waals surface area (Å²) in [5.74, 6) is 2.13. The van der Waals surface area contributed by atoms with Gasteiger partial charge in [-0.1, -0.05) is 5.57 Å². The molecule has 3 heteroatoms. The van der Waals surface area contributed by atoms with Crippen molar-refractivity contribution in [2.75, 3.05) is 18.6 Å². The predicted octanol–water partition coefficient (Wildman–Crippen LogP) is 1.19. The maximum absolute atomic E-state index is 11.2.